The first-order valence-electron chi connectivity index (χ1n) is 7.07. The summed E-state index contributed by atoms with van der Waals surface area (Å²) in [7, 11) is 1.49. The second-order valence-electron chi connectivity index (χ2n) is 4.71. The van der Waals surface area contributed by atoms with Crippen molar-refractivity contribution in [2.45, 2.75) is 6.92 Å². The number of benzene rings is 2. The second kappa shape index (κ2) is 7.70. The van der Waals surface area contributed by atoms with Crippen molar-refractivity contribution >= 4 is 29.2 Å². The van der Waals surface area contributed by atoms with Crippen LogP contribution in [0.25, 0.3) is 11.6 Å². The monoisotopic (exact) mass is 332 g/mol. The summed E-state index contributed by atoms with van der Waals surface area (Å²) < 4.78 is 10.7. The molecule has 23 heavy (non-hydrogen) atoms. The highest BCUT2D eigenvalue weighted by Gasteiger charge is 2.16. The molecule has 0 unspecified atom stereocenters. The summed E-state index contributed by atoms with van der Waals surface area (Å²) in [5.74, 6) is 0.0699. The number of hydrogen-bond acceptors (Lipinski definition) is 3. The Morgan fingerprint density at radius 2 is 2.04 bits per heavy atom. The number of aliphatic carboxylic acids is 1. The molecule has 0 atom stereocenters. The van der Waals surface area contributed by atoms with Gasteiger partial charge in [-0.3, -0.25) is 0 Å². The van der Waals surface area contributed by atoms with Crippen LogP contribution in [0.5, 0.6) is 11.5 Å². The van der Waals surface area contributed by atoms with E-state index in [0.717, 1.165) is 5.56 Å². The summed E-state index contributed by atoms with van der Waals surface area (Å²) in [6, 6.07) is 12.1. The van der Waals surface area contributed by atoms with Crippen LogP contribution in [0.3, 0.4) is 0 Å². The maximum atomic E-state index is 11.7. The van der Waals surface area contributed by atoms with Gasteiger partial charge in [-0.2, -0.15) is 0 Å². The van der Waals surface area contributed by atoms with Gasteiger partial charge in [-0.15, -0.1) is 0 Å². The number of ether oxygens (including phenoxy) is 2. The van der Waals surface area contributed by atoms with Crippen molar-refractivity contribution in [1.82, 2.24) is 0 Å². The Hall–Kier alpha value is -2.46. The van der Waals surface area contributed by atoms with E-state index in [1.54, 1.807) is 30.3 Å². The number of carboxylic acid groups (broad SMARTS) is 1. The zero-order valence-electron chi connectivity index (χ0n) is 12.9. The lowest BCUT2D eigenvalue weighted by molar-refractivity contribution is -0.130. The fourth-order valence-corrected chi connectivity index (χ4v) is 2.34. The van der Waals surface area contributed by atoms with Gasteiger partial charge in [0.25, 0.3) is 0 Å². The van der Waals surface area contributed by atoms with Gasteiger partial charge in [0.15, 0.2) is 0 Å². The molecule has 0 aliphatic rings. The first-order chi connectivity index (χ1) is 11.0. The first-order valence-corrected chi connectivity index (χ1v) is 7.44. The molecule has 2 aromatic carbocycles. The molecule has 0 bridgehead atoms. The minimum absolute atomic E-state index is 0.0954. The molecule has 5 heteroatoms. The minimum Gasteiger partial charge on any atom is -0.496 e. The SMILES string of the molecule is CCOc1cccc(/C=C(\C(=O)O)c2cc(Cl)ccc2OC)c1. The lowest BCUT2D eigenvalue weighted by Gasteiger charge is -2.10. The van der Waals surface area contributed by atoms with Gasteiger partial charge in [-0.05, 0) is 48.9 Å². The lowest BCUT2D eigenvalue weighted by atomic mass is 10.0. The predicted molar refractivity (Wildman–Crippen MR) is 91.1 cm³/mol. The van der Waals surface area contributed by atoms with Crippen LogP contribution in [0, 0.1) is 0 Å². The summed E-state index contributed by atoms with van der Waals surface area (Å²) in [6.07, 6.45) is 1.57. The van der Waals surface area contributed by atoms with E-state index in [0.29, 0.717) is 28.7 Å². The van der Waals surface area contributed by atoms with Crippen molar-refractivity contribution in [2.75, 3.05) is 13.7 Å². The molecule has 0 aliphatic heterocycles. The van der Waals surface area contributed by atoms with E-state index in [1.807, 2.05) is 25.1 Å². The Balaban J connectivity index is 2.52. The minimum atomic E-state index is -1.06. The number of carboxylic acids is 1. The smallest absolute Gasteiger partial charge is 0.336 e. The normalized spacial score (nSPS) is 11.2. The molecule has 0 amide bonds. The van der Waals surface area contributed by atoms with Gasteiger partial charge >= 0.3 is 5.97 Å². The predicted octanol–water partition coefficient (Wildman–Crippen LogP) is 4.37. The van der Waals surface area contributed by atoms with Crippen LogP contribution in [-0.4, -0.2) is 24.8 Å². The Morgan fingerprint density at radius 1 is 1.26 bits per heavy atom. The van der Waals surface area contributed by atoms with Crippen LogP contribution in [0.1, 0.15) is 18.1 Å². The Morgan fingerprint density at radius 3 is 2.70 bits per heavy atom. The highest BCUT2D eigenvalue weighted by Crippen LogP contribution is 2.31. The molecule has 0 aliphatic carbocycles. The zero-order valence-corrected chi connectivity index (χ0v) is 13.6. The fraction of sp³-hybridized carbons (Fsp3) is 0.167. The van der Waals surface area contributed by atoms with E-state index < -0.39 is 5.97 Å². The van der Waals surface area contributed by atoms with Gasteiger partial charge in [0.05, 0.1) is 19.3 Å². The van der Waals surface area contributed by atoms with Crippen LogP contribution in [0.4, 0.5) is 0 Å². The van der Waals surface area contributed by atoms with Gasteiger partial charge in [-0.1, -0.05) is 23.7 Å². The Labute approximate surface area is 139 Å². The number of halogens is 1. The Bertz CT molecular complexity index is 738. The molecule has 1 N–H and O–H groups in total. The van der Waals surface area contributed by atoms with Crippen LogP contribution < -0.4 is 9.47 Å². The van der Waals surface area contributed by atoms with Crippen LogP contribution in [0.2, 0.25) is 5.02 Å². The highest BCUT2D eigenvalue weighted by atomic mass is 35.5. The highest BCUT2D eigenvalue weighted by molar-refractivity contribution is 6.31. The van der Waals surface area contributed by atoms with Gasteiger partial charge in [-0.25, -0.2) is 4.79 Å². The zero-order chi connectivity index (χ0) is 16.8. The summed E-state index contributed by atoms with van der Waals surface area (Å²) in [6.45, 7) is 2.43. The summed E-state index contributed by atoms with van der Waals surface area (Å²) in [5.41, 5.74) is 1.24. The molecular formula is C18H17ClO4. The van der Waals surface area contributed by atoms with E-state index in [4.69, 9.17) is 21.1 Å². The molecule has 0 saturated carbocycles. The van der Waals surface area contributed by atoms with Gasteiger partial charge in [0.2, 0.25) is 0 Å². The van der Waals surface area contributed by atoms with Crippen molar-refractivity contribution in [2.24, 2.45) is 0 Å². The van der Waals surface area contributed by atoms with Crippen molar-refractivity contribution in [3.05, 3.63) is 58.6 Å². The molecule has 0 spiro atoms. The fourth-order valence-electron chi connectivity index (χ4n) is 2.17. The van der Waals surface area contributed by atoms with Crippen LogP contribution in [0.15, 0.2) is 42.5 Å². The van der Waals surface area contributed by atoms with Gasteiger partial charge < -0.3 is 14.6 Å². The van der Waals surface area contributed by atoms with E-state index in [-0.39, 0.29) is 5.57 Å². The molecule has 2 rings (SSSR count). The van der Waals surface area contributed by atoms with E-state index >= 15 is 0 Å². The van der Waals surface area contributed by atoms with Gasteiger partial charge in [0, 0.05) is 10.6 Å². The third-order valence-electron chi connectivity index (χ3n) is 3.16. The average molecular weight is 333 g/mol. The summed E-state index contributed by atoms with van der Waals surface area (Å²) >= 11 is 6.00. The lowest BCUT2D eigenvalue weighted by Crippen LogP contribution is -2.02. The van der Waals surface area contributed by atoms with Crippen molar-refractivity contribution in [1.29, 1.82) is 0 Å². The largest absolute Gasteiger partial charge is 0.496 e. The first kappa shape index (κ1) is 16.9. The van der Waals surface area contributed by atoms with Crippen molar-refractivity contribution in [3.8, 4) is 11.5 Å². The molecular weight excluding hydrogens is 316 g/mol. The molecule has 0 radical (unpaired) electrons. The number of rotatable bonds is 6. The van der Waals surface area contributed by atoms with Gasteiger partial charge in [0.1, 0.15) is 11.5 Å². The molecule has 0 fully saturated rings. The second-order valence-corrected chi connectivity index (χ2v) is 5.15. The summed E-state index contributed by atoms with van der Waals surface area (Å²) in [5, 5.41) is 10.0. The summed E-state index contributed by atoms with van der Waals surface area (Å²) in [4.78, 5) is 11.7. The van der Waals surface area contributed by atoms with Crippen LogP contribution in [-0.2, 0) is 4.79 Å². The van der Waals surface area contributed by atoms with E-state index in [2.05, 4.69) is 0 Å². The Kier molecular flexibility index (Phi) is 5.66. The maximum absolute atomic E-state index is 11.7. The number of carbonyl (C=O) groups is 1. The van der Waals surface area contributed by atoms with E-state index in [1.165, 1.54) is 7.11 Å². The molecule has 0 heterocycles. The maximum Gasteiger partial charge on any atom is 0.336 e. The number of methoxy groups -OCH3 is 1. The topological polar surface area (TPSA) is 55.8 Å². The molecule has 4 nitrogen and oxygen atoms in total. The van der Waals surface area contributed by atoms with Crippen molar-refractivity contribution < 1.29 is 19.4 Å². The molecule has 2 aromatic rings. The standard InChI is InChI=1S/C18H17ClO4/c1-3-23-14-6-4-5-12(9-14)10-16(18(20)21)15-11-13(19)7-8-17(15)22-2/h4-11H,3H2,1-2H3,(H,20,21)/b16-10-. The number of hydrogen-bond donors (Lipinski definition) is 1. The third-order valence-corrected chi connectivity index (χ3v) is 3.40. The quantitative estimate of drug-likeness (QED) is 0.630. The van der Waals surface area contributed by atoms with Crippen molar-refractivity contribution in [3.63, 3.8) is 0 Å². The molecule has 0 aromatic heterocycles. The average Bonchev–Trinajstić information content (AvgIpc) is 2.53. The third kappa shape index (κ3) is 4.27. The van der Waals surface area contributed by atoms with E-state index in [9.17, 15) is 9.90 Å². The van der Waals surface area contributed by atoms with Crippen LogP contribution >= 0.6 is 11.6 Å². The molecule has 120 valence electrons. The molecule has 0 saturated heterocycles.